The molecule has 27 heavy (non-hydrogen) atoms. The molecule has 1 heterocycles. The Bertz CT molecular complexity index is 985. The summed E-state index contributed by atoms with van der Waals surface area (Å²) in [4.78, 5) is 25.2. The first-order valence-electron chi connectivity index (χ1n) is 8.11. The highest BCUT2D eigenvalue weighted by Gasteiger charge is 2.23. The maximum Gasteiger partial charge on any atom is 0.341 e. The Labute approximate surface area is 174 Å². The first-order valence-corrected chi connectivity index (χ1v) is 10.2. The van der Waals surface area contributed by atoms with Gasteiger partial charge in [-0.2, -0.15) is 0 Å². The van der Waals surface area contributed by atoms with E-state index in [9.17, 15) is 9.59 Å². The number of hydrogen-bond acceptors (Lipinski definition) is 4. The van der Waals surface area contributed by atoms with Crippen LogP contribution in [0.3, 0.4) is 0 Å². The highest BCUT2D eigenvalue weighted by Crippen LogP contribution is 2.37. The zero-order chi connectivity index (χ0) is 19.4. The molecule has 4 nitrogen and oxygen atoms in total. The molecule has 0 aliphatic carbocycles. The van der Waals surface area contributed by atoms with Crippen LogP contribution in [-0.2, 0) is 4.74 Å². The van der Waals surface area contributed by atoms with Gasteiger partial charge in [0, 0.05) is 20.4 Å². The molecule has 1 aromatic heterocycles. The molecule has 1 N–H and O–H groups in total. The summed E-state index contributed by atoms with van der Waals surface area (Å²) in [6.07, 6.45) is 0. The smallest absolute Gasteiger partial charge is 0.341 e. The van der Waals surface area contributed by atoms with Gasteiger partial charge >= 0.3 is 5.97 Å². The Morgan fingerprint density at radius 3 is 2.52 bits per heavy atom. The molecule has 0 atom stereocenters. The third-order valence-corrected chi connectivity index (χ3v) is 5.61. The van der Waals surface area contributed by atoms with Gasteiger partial charge < -0.3 is 10.1 Å². The Balaban J connectivity index is 2.00. The number of anilines is 1. The zero-order valence-corrected chi connectivity index (χ0v) is 17.5. The second-order valence-electron chi connectivity index (χ2n) is 5.51. The average molecular weight is 465 g/mol. The summed E-state index contributed by atoms with van der Waals surface area (Å²) in [6.45, 7) is 1.98. The Morgan fingerprint density at radius 1 is 1.15 bits per heavy atom. The van der Waals surface area contributed by atoms with Gasteiger partial charge in [0.1, 0.15) is 10.6 Å². The van der Waals surface area contributed by atoms with Crippen LogP contribution < -0.4 is 5.32 Å². The van der Waals surface area contributed by atoms with E-state index in [4.69, 9.17) is 16.3 Å². The van der Waals surface area contributed by atoms with Crippen molar-refractivity contribution in [3.8, 4) is 11.1 Å². The maximum atomic E-state index is 12.7. The SMILES string of the molecule is CCOC(=O)c1c(-c2ccc(Cl)cc2)csc1NC(=O)c1ccccc1Br. The van der Waals surface area contributed by atoms with Crippen LogP contribution in [0.25, 0.3) is 11.1 Å². The number of amides is 1. The topological polar surface area (TPSA) is 55.4 Å². The van der Waals surface area contributed by atoms with Crippen molar-refractivity contribution in [2.24, 2.45) is 0 Å². The van der Waals surface area contributed by atoms with Gasteiger partial charge in [0.05, 0.1) is 12.2 Å². The van der Waals surface area contributed by atoms with Crippen LogP contribution in [0.2, 0.25) is 5.02 Å². The second-order valence-corrected chi connectivity index (χ2v) is 7.69. The fourth-order valence-corrected chi connectivity index (χ4v) is 4.06. The second kappa shape index (κ2) is 8.69. The maximum absolute atomic E-state index is 12.7. The van der Waals surface area contributed by atoms with Gasteiger partial charge in [-0.05, 0) is 52.7 Å². The minimum atomic E-state index is -0.480. The lowest BCUT2D eigenvalue weighted by atomic mass is 10.0. The number of hydrogen-bond donors (Lipinski definition) is 1. The summed E-state index contributed by atoms with van der Waals surface area (Å²) < 4.78 is 5.88. The van der Waals surface area contributed by atoms with Crippen molar-refractivity contribution < 1.29 is 14.3 Å². The molecule has 0 aliphatic rings. The summed E-state index contributed by atoms with van der Waals surface area (Å²) in [5, 5.41) is 5.71. The van der Waals surface area contributed by atoms with E-state index in [1.807, 2.05) is 23.6 Å². The van der Waals surface area contributed by atoms with E-state index in [0.717, 1.165) is 5.56 Å². The van der Waals surface area contributed by atoms with E-state index in [-0.39, 0.29) is 12.5 Å². The molecule has 0 bridgehead atoms. The highest BCUT2D eigenvalue weighted by atomic mass is 79.9. The van der Waals surface area contributed by atoms with Crippen molar-refractivity contribution >= 4 is 55.7 Å². The van der Waals surface area contributed by atoms with Gasteiger partial charge in [-0.25, -0.2) is 4.79 Å². The normalized spacial score (nSPS) is 10.5. The number of esters is 1. The number of nitrogens with one attached hydrogen (secondary N) is 1. The molecule has 3 rings (SSSR count). The quantitative estimate of drug-likeness (QED) is 0.453. The number of ether oxygens (including phenoxy) is 1. The molecule has 0 unspecified atom stereocenters. The minimum Gasteiger partial charge on any atom is -0.462 e. The number of thiophene rings is 1. The molecular formula is C20H15BrClNO3S. The molecule has 3 aromatic rings. The number of carbonyl (C=O) groups excluding carboxylic acids is 2. The van der Waals surface area contributed by atoms with E-state index in [1.165, 1.54) is 11.3 Å². The van der Waals surface area contributed by atoms with Crippen LogP contribution in [0.15, 0.2) is 58.4 Å². The average Bonchev–Trinajstić information content (AvgIpc) is 3.06. The highest BCUT2D eigenvalue weighted by molar-refractivity contribution is 9.10. The summed E-state index contributed by atoms with van der Waals surface area (Å²) in [6, 6.07) is 14.3. The van der Waals surface area contributed by atoms with Crippen molar-refractivity contribution in [2.45, 2.75) is 6.92 Å². The van der Waals surface area contributed by atoms with Crippen molar-refractivity contribution in [3.05, 3.63) is 74.5 Å². The van der Waals surface area contributed by atoms with Crippen LogP contribution in [0.4, 0.5) is 5.00 Å². The predicted molar refractivity (Wildman–Crippen MR) is 113 cm³/mol. The van der Waals surface area contributed by atoms with Gasteiger partial charge in [0.15, 0.2) is 0 Å². The molecule has 0 saturated carbocycles. The van der Waals surface area contributed by atoms with Gasteiger partial charge in [0.2, 0.25) is 0 Å². The fourth-order valence-electron chi connectivity index (χ4n) is 2.51. The molecule has 7 heteroatoms. The van der Waals surface area contributed by atoms with Crippen LogP contribution in [0, 0.1) is 0 Å². The van der Waals surface area contributed by atoms with E-state index in [2.05, 4.69) is 21.2 Å². The summed E-state index contributed by atoms with van der Waals surface area (Å²) in [7, 11) is 0. The third kappa shape index (κ3) is 4.40. The first-order chi connectivity index (χ1) is 13.0. The molecule has 0 aliphatic heterocycles. The molecule has 0 saturated heterocycles. The van der Waals surface area contributed by atoms with Crippen LogP contribution in [0.5, 0.6) is 0 Å². The Hall–Kier alpha value is -2.15. The molecule has 0 fully saturated rings. The molecule has 0 spiro atoms. The molecule has 1 amide bonds. The number of rotatable bonds is 5. The van der Waals surface area contributed by atoms with Gasteiger partial charge in [0.25, 0.3) is 5.91 Å². The minimum absolute atomic E-state index is 0.242. The van der Waals surface area contributed by atoms with Crippen molar-refractivity contribution in [1.82, 2.24) is 0 Å². The standard InChI is InChI=1S/C20H15BrClNO3S/c1-2-26-20(25)17-15(12-7-9-13(22)10-8-12)11-27-19(17)23-18(24)14-5-3-4-6-16(14)21/h3-11H,2H2,1H3,(H,23,24). The van der Waals surface area contributed by atoms with Crippen LogP contribution >= 0.6 is 38.9 Å². The van der Waals surface area contributed by atoms with E-state index < -0.39 is 5.97 Å². The third-order valence-electron chi connectivity index (χ3n) is 3.77. The molecule has 2 aromatic carbocycles. The van der Waals surface area contributed by atoms with Gasteiger partial charge in [-0.15, -0.1) is 11.3 Å². The lowest BCUT2D eigenvalue weighted by Crippen LogP contribution is -2.15. The number of benzene rings is 2. The van der Waals surface area contributed by atoms with E-state index >= 15 is 0 Å². The summed E-state index contributed by atoms with van der Waals surface area (Å²) in [5.74, 6) is -0.788. The van der Waals surface area contributed by atoms with Crippen LogP contribution in [0.1, 0.15) is 27.6 Å². The lowest BCUT2D eigenvalue weighted by Gasteiger charge is -2.09. The Morgan fingerprint density at radius 2 is 1.85 bits per heavy atom. The van der Waals surface area contributed by atoms with E-state index in [0.29, 0.717) is 31.2 Å². The Kier molecular flexibility index (Phi) is 6.31. The number of halogens is 2. The van der Waals surface area contributed by atoms with Gasteiger partial charge in [-0.3, -0.25) is 4.79 Å². The van der Waals surface area contributed by atoms with Crippen LogP contribution in [-0.4, -0.2) is 18.5 Å². The lowest BCUT2D eigenvalue weighted by molar-refractivity contribution is 0.0529. The van der Waals surface area contributed by atoms with Gasteiger partial charge in [-0.1, -0.05) is 35.9 Å². The van der Waals surface area contributed by atoms with E-state index in [1.54, 1.807) is 37.3 Å². The summed E-state index contributed by atoms with van der Waals surface area (Å²) in [5.41, 5.74) is 2.33. The zero-order valence-electron chi connectivity index (χ0n) is 14.3. The van der Waals surface area contributed by atoms with Crippen molar-refractivity contribution in [2.75, 3.05) is 11.9 Å². The van der Waals surface area contributed by atoms with Crippen molar-refractivity contribution in [1.29, 1.82) is 0 Å². The summed E-state index contributed by atoms with van der Waals surface area (Å²) >= 11 is 10.6. The first kappa shape index (κ1) is 19.6. The van der Waals surface area contributed by atoms with Crippen molar-refractivity contribution in [3.63, 3.8) is 0 Å². The largest absolute Gasteiger partial charge is 0.462 e. The fraction of sp³-hybridized carbons (Fsp3) is 0.100. The monoisotopic (exact) mass is 463 g/mol. The molecular weight excluding hydrogens is 450 g/mol. The molecule has 0 radical (unpaired) electrons. The molecule has 138 valence electrons. The predicted octanol–water partition coefficient (Wildman–Crippen LogP) is 6.26. The number of carbonyl (C=O) groups is 2.